The quantitative estimate of drug-likeness (QED) is 0.468. The number of aliphatic hydroxyl groups is 1. The first kappa shape index (κ1) is 22.7. The van der Waals surface area contributed by atoms with E-state index in [1.807, 2.05) is 6.92 Å². The second kappa shape index (κ2) is 9.92. The molecule has 0 aliphatic heterocycles. The van der Waals surface area contributed by atoms with Gasteiger partial charge in [-0.1, -0.05) is 39.3 Å². The van der Waals surface area contributed by atoms with Gasteiger partial charge in [0.05, 0.1) is 7.11 Å². The molecule has 0 spiro atoms. The molecule has 0 saturated carbocycles. The van der Waals surface area contributed by atoms with Crippen molar-refractivity contribution in [2.75, 3.05) is 13.7 Å². The Balaban J connectivity index is 2.00. The maximum Gasteiger partial charge on any atom is 0.251 e. The van der Waals surface area contributed by atoms with Crippen molar-refractivity contribution < 1.29 is 19.0 Å². The van der Waals surface area contributed by atoms with Crippen molar-refractivity contribution in [3.63, 3.8) is 0 Å². The summed E-state index contributed by atoms with van der Waals surface area (Å²) in [5.41, 5.74) is 2.21. The summed E-state index contributed by atoms with van der Waals surface area (Å²) in [7, 11) is 1.53. The number of nitrogens with one attached hydrogen (secondary N) is 2. The zero-order chi connectivity index (χ0) is 22.5. The van der Waals surface area contributed by atoms with Crippen LogP contribution in [0.2, 0.25) is 0 Å². The minimum absolute atomic E-state index is 0.0155. The van der Waals surface area contributed by atoms with Crippen LogP contribution in [-0.2, 0) is 0 Å². The lowest BCUT2D eigenvalue weighted by molar-refractivity contribution is 0.0864. The molecule has 0 saturated heterocycles. The molecule has 0 aliphatic rings. The van der Waals surface area contributed by atoms with Crippen LogP contribution in [0.1, 0.15) is 44.0 Å². The topological polar surface area (TPSA) is 87.2 Å². The molecule has 1 aromatic heterocycles. The van der Waals surface area contributed by atoms with Crippen LogP contribution < -0.4 is 10.1 Å². The van der Waals surface area contributed by atoms with Gasteiger partial charge in [0.25, 0.3) is 5.91 Å². The van der Waals surface area contributed by atoms with Gasteiger partial charge in [-0.05, 0) is 36.6 Å². The van der Waals surface area contributed by atoms with Gasteiger partial charge in [-0.2, -0.15) is 5.10 Å². The minimum atomic E-state index is -0.361. The number of aromatic amines is 1. The molecule has 6 nitrogen and oxygen atoms in total. The van der Waals surface area contributed by atoms with E-state index in [9.17, 15) is 14.3 Å². The average Bonchev–Trinajstić information content (AvgIpc) is 3.21. The van der Waals surface area contributed by atoms with Gasteiger partial charge < -0.3 is 15.2 Å². The third kappa shape index (κ3) is 4.71. The molecule has 0 radical (unpaired) electrons. The number of carbonyl (C=O) groups excluding carboxylic acids is 1. The highest BCUT2D eigenvalue weighted by atomic mass is 19.1. The fourth-order valence-electron chi connectivity index (χ4n) is 4.01. The van der Waals surface area contributed by atoms with Gasteiger partial charge in [-0.15, -0.1) is 0 Å². The molecule has 0 bridgehead atoms. The molecule has 166 valence electrons. The van der Waals surface area contributed by atoms with Crippen LogP contribution in [0.15, 0.2) is 36.4 Å². The Morgan fingerprint density at radius 3 is 2.65 bits per heavy atom. The van der Waals surface area contributed by atoms with E-state index in [0.717, 1.165) is 6.42 Å². The average molecular weight is 428 g/mol. The minimum Gasteiger partial charge on any atom is -0.494 e. The van der Waals surface area contributed by atoms with Crippen LogP contribution in [0.4, 0.5) is 4.39 Å². The van der Waals surface area contributed by atoms with Crippen molar-refractivity contribution in [1.29, 1.82) is 0 Å². The lowest BCUT2D eigenvalue weighted by Gasteiger charge is -2.30. The highest BCUT2D eigenvalue weighted by Gasteiger charge is 2.26. The zero-order valence-corrected chi connectivity index (χ0v) is 18.4. The summed E-state index contributed by atoms with van der Waals surface area (Å²) in [6.45, 7) is 6.18. The van der Waals surface area contributed by atoms with E-state index in [4.69, 9.17) is 4.74 Å². The molecule has 7 heteroatoms. The molecule has 3 rings (SSSR count). The number of methoxy groups -OCH3 is 1. The van der Waals surface area contributed by atoms with Gasteiger partial charge in [0.1, 0.15) is 22.8 Å². The molecule has 3 N–H and O–H groups in total. The first-order valence-corrected chi connectivity index (χ1v) is 10.7. The van der Waals surface area contributed by atoms with E-state index in [-0.39, 0.29) is 36.2 Å². The number of nitrogens with zero attached hydrogens (tertiary/aromatic N) is 1. The number of fused-ring (bicyclic) bond motifs is 1. The maximum atomic E-state index is 13.8. The van der Waals surface area contributed by atoms with Crippen LogP contribution in [0.3, 0.4) is 0 Å². The van der Waals surface area contributed by atoms with E-state index in [2.05, 4.69) is 29.4 Å². The number of ether oxygens (including phenoxy) is 1. The van der Waals surface area contributed by atoms with E-state index in [0.29, 0.717) is 39.9 Å². The van der Waals surface area contributed by atoms with Crippen molar-refractivity contribution in [2.45, 2.75) is 39.7 Å². The van der Waals surface area contributed by atoms with Gasteiger partial charge in [-0.25, -0.2) is 4.39 Å². The third-order valence-electron chi connectivity index (χ3n) is 6.08. The Morgan fingerprint density at radius 2 is 2.03 bits per heavy atom. The Labute approximate surface area is 181 Å². The van der Waals surface area contributed by atoms with Crippen LogP contribution in [0, 0.1) is 17.7 Å². The second-order valence-corrected chi connectivity index (χ2v) is 7.90. The maximum absolute atomic E-state index is 13.8. The van der Waals surface area contributed by atoms with Crippen molar-refractivity contribution in [3.8, 4) is 17.0 Å². The second-order valence-electron chi connectivity index (χ2n) is 7.90. The SMILES string of the molecule is CCC(C)C(CO)[C@H](CC)NC(=O)c1cc(OC)c2[nH]nc(-c3cccc(F)c3)c2c1. The number of H-pyrrole nitrogens is 1. The lowest BCUT2D eigenvalue weighted by atomic mass is 9.84. The largest absolute Gasteiger partial charge is 0.494 e. The van der Waals surface area contributed by atoms with Crippen LogP contribution in [0.5, 0.6) is 5.75 Å². The van der Waals surface area contributed by atoms with E-state index in [1.54, 1.807) is 24.3 Å². The van der Waals surface area contributed by atoms with Gasteiger partial charge >= 0.3 is 0 Å². The smallest absolute Gasteiger partial charge is 0.251 e. The normalized spacial score (nSPS) is 14.3. The predicted octanol–water partition coefficient (Wildman–Crippen LogP) is 4.54. The summed E-state index contributed by atoms with van der Waals surface area (Å²) in [5, 5.41) is 20.9. The fraction of sp³-hybridized carbons (Fsp3) is 0.417. The van der Waals surface area contributed by atoms with Crippen molar-refractivity contribution >= 4 is 16.8 Å². The number of benzene rings is 2. The highest BCUT2D eigenvalue weighted by molar-refractivity contribution is 6.04. The summed E-state index contributed by atoms with van der Waals surface area (Å²) >= 11 is 0. The highest BCUT2D eigenvalue weighted by Crippen LogP contribution is 2.33. The monoisotopic (exact) mass is 427 g/mol. The summed E-state index contributed by atoms with van der Waals surface area (Å²) in [4.78, 5) is 13.1. The Bertz CT molecular complexity index is 1050. The Morgan fingerprint density at radius 1 is 1.26 bits per heavy atom. The number of amides is 1. The van der Waals surface area contributed by atoms with Crippen molar-refractivity contribution in [1.82, 2.24) is 15.5 Å². The van der Waals surface area contributed by atoms with Gasteiger partial charge in [0.15, 0.2) is 0 Å². The summed E-state index contributed by atoms with van der Waals surface area (Å²) in [6.07, 6.45) is 1.63. The third-order valence-corrected chi connectivity index (χ3v) is 6.08. The number of hydrogen-bond donors (Lipinski definition) is 3. The van der Waals surface area contributed by atoms with Gasteiger partial charge in [0.2, 0.25) is 0 Å². The molecule has 1 amide bonds. The number of rotatable bonds is 9. The molecular formula is C24H30FN3O3. The summed E-state index contributed by atoms with van der Waals surface area (Å²) < 4.78 is 19.2. The number of hydrogen-bond acceptors (Lipinski definition) is 4. The van der Waals surface area contributed by atoms with E-state index in [1.165, 1.54) is 19.2 Å². The van der Waals surface area contributed by atoms with Gasteiger partial charge in [-0.3, -0.25) is 9.89 Å². The Kier molecular flexibility index (Phi) is 7.28. The Hall–Kier alpha value is -2.93. The molecule has 2 aromatic carbocycles. The lowest BCUT2D eigenvalue weighted by Crippen LogP contribution is -2.43. The van der Waals surface area contributed by atoms with Crippen LogP contribution >= 0.6 is 0 Å². The van der Waals surface area contributed by atoms with Crippen LogP contribution in [0.25, 0.3) is 22.2 Å². The van der Waals surface area contributed by atoms with Crippen molar-refractivity contribution in [3.05, 3.63) is 47.8 Å². The number of aromatic nitrogens is 2. The van der Waals surface area contributed by atoms with Crippen molar-refractivity contribution in [2.24, 2.45) is 11.8 Å². The first-order valence-electron chi connectivity index (χ1n) is 10.7. The molecule has 0 fully saturated rings. The fourth-order valence-corrected chi connectivity index (χ4v) is 4.01. The predicted molar refractivity (Wildman–Crippen MR) is 120 cm³/mol. The summed E-state index contributed by atoms with van der Waals surface area (Å²) in [5.74, 6) is 0.120. The number of halogens is 1. The molecule has 3 aromatic rings. The molecule has 2 unspecified atom stereocenters. The number of carbonyl (C=O) groups is 1. The van der Waals surface area contributed by atoms with E-state index >= 15 is 0 Å². The molecule has 31 heavy (non-hydrogen) atoms. The first-order chi connectivity index (χ1) is 14.9. The standard InChI is InChI=1S/C24H30FN3O3/c1-5-14(3)19(13-29)20(6-2)26-24(30)16-11-18-22(15-8-7-9-17(25)10-15)27-28-23(18)21(12-16)31-4/h7-12,14,19-20,29H,5-6,13H2,1-4H3,(H,26,30)(H,27,28)/t14?,19?,20-/m0/s1. The molecule has 1 heterocycles. The molecule has 0 aliphatic carbocycles. The molecular weight excluding hydrogens is 397 g/mol. The number of aliphatic hydroxyl groups excluding tert-OH is 1. The molecule has 3 atom stereocenters. The zero-order valence-electron chi connectivity index (χ0n) is 18.4. The summed E-state index contributed by atoms with van der Waals surface area (Å²) in [6, 6.07) is 9.41. The van der Waals surface area contributed by atoms with E-state index < -0.39 is 0 Å². The van der Waals surface area contributed by atoms with Gasteiger partial charge in [0, 0.05) is 35.1 Å². The van der Waals surface area contributed by atoms with Crippen LogP contribution in [-0.4, -0.2) is 41.0 Å².